The van der Waals surface area contributed by atoms with Crippen molar-refractivity contribution in [3.8, 4) is 5.75 Å². The largest absolute Gasteiger partial charge is 0.504 e. The summed E-state index contributed by atoms with van der Waals surface area (Å²) in [7, 11) is 0. The molecule has 1 rings (SSSR count). The van der Waals surface area contributed by atoms with E-state index < -0.39 is 5.43 Å². The maximum Gasteiger partial charge on any atom is 0.220 e. The van der Waals surface area contributed by atoms with E-state index in [9.17, 15) is 4.79 Å². The summed E-state index contributed by atoms with van der Waals surface area (Å²) >= 11 is 5.69. The van der Waals surface area contributed by atoms with E-state index in [0.717, 1.165) is 0 Å². The van der Waals surface area contributed by atoms with Crippen LogP contribution in [0, 0.1) is 6.92 Å². The van der Waals surface area contributed by atoms with E-state index >= 15 is 0 Å². The molecule has 1 aromatic carbocycles. The number of aromatic hydroxyl groups is 1. The zero-order valence-electron chi connectivity index (χ0n) is 5.97. The first-order valence-electron chi connectivity index (χ1n) is 3.10. The molecule has 0 aliphatic heterocycles. The molecule has 0 aliphatic rings. The Balaban J connectivity index is 3.54. The highest BCUT2D eigenvalue weighted by molar-refractivity contribution is 6.31. The minimum atomic E-state index is -0.408. The molecule has 0 saturated carbocycles. The molecule has 0 heterocycles. The number of aryl methyl sites for hydroxylation is 1. The molecule has 11 heavy (non-hydrogen) atoms. The summed E-state index contributed by atoms with van der Waals surface area (Å²) in [6.07, 6.45) is 0. The number of rotatable bonds is 0. The summed E-state index contributed by atoms with van der Waals surface area (Å²) in [5.74, 6) is -0.278. The van der Waals surface area contributed by atoms with E-state index in [2.05, 4.69) is 0 Å². The third kappa shape index (κ3) is 1.71. The Morgan fingerprint density at radius 3 is 2.73 bits per heavy atom. The van der Waals surface area contributed by atoms with Crippen molar-refractivity contribution in [1.29, 1.82) is 0 Å². The Labute approximate surface area is 69.1 Å². The Hall–Kier alpha value is -1.02. The van der Waals surface area contributed by atoms with Gasteiger partial charge >= 0.3 is 0 Å². The molecule has 1 aromatic rings. The average Bonchev–Trinajstić information content (AvgIpc) is 2.05. The summed E-state index contributed by atoms with van der Waals surface area (Å²) in [6.45, 7) is 1.71. The van der Waals surface area contributed by atoms with Gasteiger partial charge in [0, 0.05) is 5.02 Å². The highest BCUT2D eigenvalue weighted by atomic mass is 35.5. The topological polar surface area (TPSA) is 37.3 Å². The summed E-state index contributed by atoms with van der Waals surface area (Å²) in [4.78, 5) is 10.9. The quantitative estimate of drug-likeness (QED) is 0.644. The summed E-state index contributed by atoms with van der Waals surface area (Å²) in [5.41, 5.74) is 0.256. The van der Waals surface area contributed by atoms with Gasteiger partial charge in [-0.2, -0.15) is 0 Å². The molecular weight excluding hydrogens is 164 g/mol. The van der Waals surface area contributed by atoms with Crippen LogP contribution in [0.1, 0.15) is 5.56 Å². The van der Waals surface area contributed by atoms with Crippen LogP contribution in [0.15, 0.2) is 23.0 Å². The van der Waals surface area contributed by atoms with Gasteiger partial charge in [0.05, 0.1) is 0 Å². The van der Waals surface area contributed by atoms with Gasteiger partial charge in [-0.05, 0) is 30.7 Å². The van der Waals surface area contributed by atoms with Gasteiger partial charge in [-0.1, -0.05) is 11.6 Å². The molecule has 0 unspecified atom stereocenters. The van der Waals surface area contributed by atoms with E-state index in [1.165, 1.54) is 18.2 Å². The monoisotopic (exact) mass is 170 g/mol. The molecule has 58 valence electrons. The number of halogens is 1. The van der Waals surface area contributed by atoms with Crippen LogP contribution in [-0.2, 0) is 0 Å². The molecule has 0 bridgehead atoms. The predicted molar refractivity (Wildman–Crippen MR) is 44.1 cm³/mol. The lowest BCUT2D eigenvalue weighted by molar-refractivity contribution is 0.471. The van der Waals surface area contributed by atoms with Crippen LogP contribution < -0.4 is 5.43 Å². The molecule has 0 radical (unpaired) electrons. The Morgan fingerprint density at radius 2 is 2.09 bits per heavy atom. The van der Waals surface area contributed by atoms with E-state index in [0.29, 0.717) is 10.6 Å². The highest BCUT2D eigenvalue weighted by Crippen LogP contribution is 2.12. The second-order valence-electron chi connectivity index (χ2n) is 2.26. The fourth-order valence-electron chi connectivity index (χ4n) is 0.705. The van der Waals surface area contributed by atoms with Crippen molar-refractivity contribution in [2.75, 3.05) is 0 Å². The maximum atomic E-state index is 10.9. The van der Waals surface area contributed by atoms with Crippen LogP contribution in [0.5, 0.6) is 5.75 Å². The van der Waals surface area contributed by atoms with Gasteiger partial charge in [-0.25, -0.2) is 0 Å². The fraction of sp³-hybridized carbons (Fsp3) is 0.125. The lowest BCUT2D eigenvalue weighted by atomic mass is 10.3. The van der Waals surface area contributed by atoms with Gasteiger partial charge in [0.2, 0.25) is 5.43 Å². The molecule has 0 fully saturated rings. The first kappa shape index (κ1) is 8.08. The van der Waals surface area contributed by atoms with Gasteiger partial charge < -0.3 is 5.11 Å². The van der Waals surface area contributed by atoms with Crippen LogP contribution in [0.2, 0.25) is 5.02 Å². The van der Waals surface area contributed by atoms with Gasteiger partial charge in [0.25, 0.3) is 0 Å². The Bertz CT molecular complexity index is 333. The van der Waals surface area contributed by atoms with Crippen LogP contribution in [0.3, 0.4) is 0 Å². The first-order valence-corrected chi connectivity index (χ1v) is 3.48. The minimum absolute atomic E-state index is 0.278. The lowest BCUT2D eigenvalue weighted by Crippen LogP contribution is -1.93. The molecule has 2 nitrogen and oxygen atoms in total. The molecule has 0 aromatic heterocycles. The first-order chi connectivity index (χ1) is 5.11. The van der Waals surface area contributed by atoms with E-state index in [1.807, 2.05) is 0 Å². The van der Waals surface area contributed by atoms with E-state index in [1.54, 1.807) is 6.92 Å². The number of hydrogen-bond acceptors (Lipinski definition) is 2. The fourth-order valence-corrected chi connectivity index (χ4v) is 0.823. The zero-order valence-corrected chi connectivity index (χ0v) is 6.72. The van der Waals surface area contributed by atoms with Crippen molar-refractivity contribution in [1.82, 2.24) is 0 Å². The Kier molecular flexibility index (Phi) is 2.15. The SMILES string of the molecule is Cc1cc(=O)c(O)ccc1Cl. The van der Waals surface area contributed by atoms with Crippen LogP contribution in [-0.4, -0.2) is 5.11 Å². The van der Waals surface area contributed by atoms with Gasteiger partial charge in [-0.3, -0.25) is 4.79 Å². The van der Waals surface area contributed by atoms with Crippen LogP contribution in [0.25, 0.3) is 0 Å². The second-order valence-corrected chi connectivity index (χ2v) is 2.67. The summed E-state index contributed by atoms with van der Waals surface area (Å²) in [5, 5.41) is 9.43. The summed E-state index contributed by atoms with van der Waals surface area (Å²) < 4.78 is 0. The third-order valence-electron chi connectivity index (χ3n) is 1.36. The zero-order chi connectivity index (χ0) is 8.43. The lowest BCUT2D eigenvalue weighted by Gasteiger charge is -1.84. The molecule has 0 aliphatic carbocycles. The predicted octanol–water partition coefficient (Wildman–Crippen LogP) is 1.71. The molecule has 0 atom stereocenters. The van der Waals surface area contributed by atoms with Gasteiger partial charge in [0.15, 0.2) is 5.75 Å². The van der Waals surface area contributed by atoms with Crippen molar-refractivity contribution in [3.63, 3.8) is 0 Å². The van der Waals surface area contributed by atoms with Crippen molar-refractivity contribution in [3.05, 3.63) is 39.0 Å². The van der Waals surface area contributed by atoms with E-state index in [4.69, 9.17) is 16.7 Å². The molecule has 1 N–H and O–H groups in total. The smallest absolute Gasteiger partial charge is 0.220 e. The van der Waals surface area contributed by atoms with Crippen molar-refractivity contribution in [2.24, 2.45) is 0 Å². The van der Waals surface area contributed by atoms with Crippen LogP contribution >= 0.6 is 11.6 Å². The molecule has 0 amide bonds. The molecule has 0 saturated heterocycles. The third-order valence-corrected chi connectivity index (χ3v) is 1.79. The van der Waals surface area contributed by atoms with Crippen LogP contribution in [0.4, 0.5) is 0 Å². The van der Waals surface area contributed by atoms with E-state index in [-0.39, 0.29) is 5.75 Å². The molecule has 3 heteroatoms. The highest BCUT2D eigenvalue weighted by Gasteiger charge is 1.96. The normalized spacial score (nSPS) is 9.64. The molecular formula is C8H7ClO2. The number of hydrogen-bond donors (Lipinski definition) is 1. The minimum Gasteiger partial charge on any atom is -0.504 e. The average molecular weight is 171 g/mol. The second kappa shape index (κ2) is 2.93. The van der Waals surface area contributed by atoms with Crippen molar-refractivity contribution >= 4 is 11.6 Å². The Morgan fingerprint density at radius 1 is 1.45 bits per heavy atom. The summed E-state index contributed by atoms with van der Waals surface area (Å²) in [6, 6.07) is 4.09. The maximum absolute atomic E-state index is 10.9. The van der Waals surface area contributed by atoms with Crippen molar-refractivity contribution < 1.29 is 5.11 Å². The van der Waals surface area contributed by atoms with Gasteiger partial charge in [0.1, 0.15) is 0 Å². The standard InChI is InChI=1S/C8H7ClO2/c1-5-4-8(11)7(10)3-2-6(5)9/h2-4H,1H3,(H,10,11). The molecule has 0 spiro atoms. The van der Waals surface area contributed by atoms with Crippen molar-refractivity contribution in [2.45, 2.75) is 6.92 Å². The van der Waals surface area contributed by atoms with Gasteiger partial charge in [-0.15, -0.1) is 0 Å².